The van der Waals surface area contributed by atoms with Gasteiger partial charge in [-0.05, 0) is 0 Å². The first-order chi connectivity index (χ1) is 20.8. The van der Waals surface area contributed by atoms with Crippen LogP contribution >= 0.6 is 15.9 Å². The molecule has 2 nitrogen and oxygen atoms in total. The van der Waals surface area contributed by atoms with Crippen LogP contribution in [0.2, 0.25) is 0 Å². The van der Waals surface area contributed by atoms with Crippen LogP contribution in [0.25, 0.3) is 0 Å². The molecule has 45 heavy (non-hydrogen) atoms. The second kappa shape index (κ2) is 14.1. The fourth-order valence-corrected chi connectivity index (χ4v) is 27.7. The molecule has 5 heteroatoms. The van der Waals surface area contributed by atoms with E-state index < -0.39 is 0 Å². The molecule has 2 N–H and O–H groups in total. The van der Waals surface area contributed by atoms with Gasteiger partial charge in [0.1, 0.15) is 0 Å². The zero-order chi connectivity index (χ0) is 33.5. The summed E-state index contributed by atoms with van der Waals surface area (Å²) in [7, 11) is 0.686. The van der Waals surface area contributed by atoms with E-state index in [9.17, 15) is 10.2 Å². The summed E-state index contributed by atoms with van der Waals surface area (Å²) in [5.74, 6) is 3.25. The molecule has 0 bridgehead atoms. The van der Waals surface area contributed by atoms with Crippen LogP contribution in [-0.2, 0) is 48.6 Å². The van der Waals surface area contributed by atoms with Gasteiger partial charge in [0.2, 0.25) is 0 Å². The van der Waals surface area contributed by atoms with Crippen LogP contribution in [0.3, 0.4) is 0 Å². The van der Waals surface area contributed by atoms with Gasteiger partial charge in [-0.1, -0.05) is 0 Å². The molecule has 0 aromatic heterocycles. The number of aromatic hydroxyl groups is 2. The van der Waals surface area contributed by atoms with Gasteiger partial charge < -0.3 is 0 Å². The second-order valence-electron chi connectivity index (χ2n) is 17.3. The summed E-state index contributed by atoms with van der Waals surface area (Å²) in [4.78, 5) is 0. The fourth-order valence-electron chi connectivity index (χ4n) is 6.82. The number of hydrogen-bond acceptors (Lipinski definition) is 2. The third-order valence-electron chi connectivity index (χ3n) is 11.0. The molecule has 1 fully saturated rings. The summed E-state index contributed by atoms with van der Waals surface area (Å²) in [5.41, 5.74) is 7.39. The molecule has 0 saturated heterocycles. The standard InChI is InChI=1S/C40H64O2S2.Ti/c1-13-39(9,10)31-23-29(37(3,4)5)21-27(35(31)41)25-43-33-19-17-15-16-18-20-34(33)44-26-28-22-30(38(6,7)8)24-32(36(28)42)40(11,12)14-2;/h21-24,33-34,41-42H,13-20,25-26H2,1-12H3;. The van der Waals surface area contributed by atoms with Crippen LogP contribution in [0.1, 0.15) is 168 Å². The van der Waals surface area contributed by atoms with Gasteiger partial charge in [-0.25, -0.2) is 0 Å². The van der Waals surface area contributed by atoms with Crippen molar-refractivity contribution < 1.29 is 25.7 Å². The molecular formula is C40H64O2S2Ti. The molecule has 1 heterocycles. The Morgan fingerprint density at radius 1 is 0.600 bits per heavy atom. The molecule has 4 unspecified atom stereocenters. The van der Waals surface area contributed by atoms with Crippen molar-refractivity contribution in [3.05, 3.63) is 57.6 Å². The molecule has 252 valence electrons. The van der Waals surface area contributed by atoms with Crippen molar-refractivity contribution in [2.24, 2.45) is 0 Å². The van der Waals surface area contributed by atoms with E-state index in [1.165, 1.54) is 60.8 Å². The maximum atomic E-state index is 11.9. The van der Waals surface area contributed by atoms with Crippen molar-refractivity contribution >= 4 is 15.9 Å². The molecule has 0 radical (unpaired) electrons. The zero-order valence-electron chi connectivity index (χ0n) is 30.7. The Balaban J connectivity index is 1.87. The van der Waals surface area contributed by atoms with Crippen molar-refractivity contribution in [2.45, 2.75) is 178 Å². The molecule has 4 rings (SSSR count). The summed E-state index contributed by atoms with van der Waals surface area (Å²) in [6, 6.07) is 9.35. The van der Waals surface area contributed by atoms with Gasteiger partial charge in [0.15, 0.2) is 0 Å². The number of phenolic OH excluding ortho intramolecular Hbond substituents is 2. The number of rotatable bonds is 8. The molecular weight excluding hydrogens is 624 g/mol. The molecule has 1 saturated carbocycles. The SMILES string of the molecule is CCC(C)(C)c1cc(C(C)(C)C)cc(C[S]2=[Ti]=[S](Cc3cc(C(C)(C)C)cc(C(C)(C)CC)c3O)C3CCCCCCC32)c1O. The van der Waals surface area contributed by atoms with Crippen molar-refractivity contribution in [1.82, 2.24) is 0 Å². The third kappa shape index (κ3) is 8.37. The molecule has 4 atom stereocenters. The Kier molecular flexibility index (Phi) is 11.7. The van der Waals surface area contributed by atoms with Gasteiger partial charge in [-0.15, -0.1) is 0 Å². The Labute approximate surface area is 287 Å². The topological polar surface area (TPSA) is 40.5 Å². The van der Waals surface area contributed by atoms with E-state index in [0.717, 1.165) is 46.0 Å². The van der Waals surface area contributed by atoms with E-state index in [-0.39, 0.29) is 37.1 Å². The van der Waals surface area contributed by atoms with Crippen LogP contribution in [0.5, 0.6) is 11.5 Å². The quantitative estimate of drug-likeness (QED) is 0.271. The summed E-state index contributed by atoms with van der Waals surface area (Å²) in [5, 5.41) is 25.3. The normalized spacial score (nSPS) is 23.1. The Bertz CT molecular complexity index is 1360. The average Bonchev–Trinajstić information content (AvgIpc) is 3.23. The number of fused-ring (bicyclic) bond motifs is 1. The van der Waals surface area contributed by atoms with Gasteiger partial charge in [0.25, 0.3) is 0 Å². The number of phenols is 2. The van der Waals surface area contributed by atoms with E-state index in [2.05, 4.69) is 107 Å². The second-order valence-corrected chi connectivity index (χ2v) is 28.8. The predicted molar refractivity (Wildman–Crippen MR) is 198 cm³/mol. The van der Waals surface area contributed by atoms with Gasteiger partial charge in [0, 0.05) is 0 Å². The molecule has 1 aliphatic heterocycles. The van der Waals surface area contributed by atoms with E-state index in [1.807, 2.05) is 0 Å². The van der Waals surface area contributed by atoms with Crippen molar-refractivity contribution in [1.29, 1.82) is 0 Å². The molecule has 2 aliphatic rings. The first-order valence-electron chi connectivity index (χ1n) is 17.7. The van der Waals surface area contributed by atoms with Crippen molar-refractivity contribution in [2.75, 3.05) is 0 Å². The number of benzene rings is 2. The molecule has 1 aliphatic carbocycles. The maximum absolute atomic E-state index is 11.9. The summed E-state index contributed by atoms with van der Waals surface area (Å²) in [6.45, 7) is 27.5. The van der Waals surface area contributed by atoms with Crippen LogP contribution in [-0.4, -0.2) is 20.7 Å². The molecule has 2 aromatic rings. The zero-order valence-corrected chi connectivity index (χ0v) is 33.9. The Morgan fingerprint density at radius 3 is 1.27 bits per heavy atom. The first-order valence-corrected chi connectivity index (χ1v) is 24.4. The van der Waals surface area contributed by atoms with Crippen molar-refractivity contribution in [3.8, 4) is 11.5 Å². The Hall–Kier alpha value is -0.546. The average molecular weight is 689 g/mol. The van der Waals surface area contributed by atoms with Crippen molar-refractivity contribution in [3.63, 3.8) is 0 Å². The summed E-state index contributed by atoms with van der Waals surface area (Å²) >= 11 is -0.253. The van der Waals surface area contributed by atoms with E-state index in [1.54, 1.807) is 0 Å². The number of hydrogen-bond donors (Lipinski definition) is 2. The molecule has 0 spiro atoms. The molecule has 2 aromatic carbocycles. The Morgan fingerprint density at radius 2 is 0.956 bits per heavy atom. The van der Waals surface area contributed by atoms with Gasteiger partial charge >= 0.3 is 289 Å². The monoisotopic (exact) mass is 688 g/mol. The van der Waals surface area contributed by atoms with Crippen LogP contribution in [0.4, 0.5) is 0 Å². The third-order valence-corrected chi connectivity index (χ3v) is 27.0. The summed E-state index contributed by atoms with van der Waals surface area (Å²) < 4.78 is 0. The van der Waals surface area contributed by atoms with Gasteiger partial charge in [0.05, 0.1) is 0 Å². The van der Waals surface area contributed by atoms with Crippen LogP contribution in [0, 0.1) is 0 Å². The summed E-state index contributed by atoms with van der Waals surface area (Å²) in [6.07, 6.45) is 10.2. The van der Waals surface area contributed by atoms with Gasteiger partial charge in [-0.3, -0.25) is 0 Å². The van der Waals surface area contributed by atoms with Gasteiger partial charge in [-0.2, -0.15) is 0 Å². The van der Waals surface area contributed by atoms with E-state index >= 15 is 0 Å². The minimum atomic E-state index is -0.253. The van der Waals surface area contributed by atoms with Crippen LogP contribution in [0.15, 0.2) is 24.3 Å². The van der Waals surface area contributed by atoms with E-state index in [0.29, 0.717) is 27.4 Å². The minimum absolute atomic E-state index is 0.0444. The fraction of sp³-hybridized carbons (Fsp3) is 0.700. The van der Waals surface area contributed by atoms with E-state index in [4.69, 9.17) is 0 Å². The van der Waals surface area contributed by atoms with Crippen LogP contribution < -0.4 is 0 Å². The molecule has 0 amide bonds. The predicted octanol–water partition coefficient (Wildman–Crippen LogP) is 12.3. The first kappa shape index (κ1) is 37.3.